The van der Waals surface area contributed by atoms with Gasteiger partial charge in [-0.3, -0.25) is 0 Å². The van der Waals surface area contributed by atoms with E-state index in [0.29, 0.717) is 11.1 Å². The number of carboxylic acids is 2. The molecule has 0 amide bonds. The van der Waals surface area contributed by atoms with Crippen LogP contribution < -0.4 is 91.2 Å². The summed E-state index contributed by atoms with van der Waals surface area (Å²) in [7, 11) is 0. The van der Waals surface area contributed by atoms with Gasteiger partial charge in [0, 0.05) is 0 Å². The molecule has 2 N–H and O–H groups in total. The summed E-state index contributed by atoms with van der Waals surface area (Å²) < 4.78 is 0. The van der Waals surface area contributed by atoms with E-state index in [9.17, 15) is 19.8 Å². The maximum atomic E-state index is 10.1. The summed E-state index contributed by atoms with van der Waals surface area (Å²) in [5.41, 5.74) is 0.681. The van der Waals surface area contributed by atoms with Gasteiger partial charge in [0.2, 0.25) is 0 Å². The average molecular weight is 364 g/mol. The summed E-state index contributed by atoms with van der Waals surface area (Å²) in [6, 6.07) is 16.2. The molecule has 0 spiro atoms. The maximum Gasteiger partial charge on any atom is 1.00 e. The minimum Gasteiger partial charge on any atom is -0.547 e. The van der Waals surface area contributed by atoms with Crippen LogP contribution in [0, 0.1) is 0 Å². The fraction of sp³-hybridized carbons (Fsp3) is 0.125. The summed E-state index contributed by atoms with van der Waals surface area (Å²) in [5, 5.41) is 38.1. The van der Waals surface area contributed by atoms with Crippen LogP contribution in [-0.4, -0.2) is 22.2 Å². The number of carbonyl (C=O) groups excluding carboxylic acids is 2. The Morgan fingerprint density at radius 2 is 0.958 bits per heavy atom. The first-order chi connectivity index (χ1) is 10.4. The van der Waals surface area contributed by atoms with Crippen molar-refractivity contribution in [3.8, 4) is 0 Å². The molecule has 2 aromatic carbocycles. The Hall–Kier alpha value is -0.0636. The van der Waals surface area contributed by atoms with Gasteiger partial charge in [0.1, 0.15) is 12.2 Å². The fourth-order valence-electron chi connectivity index (χ4n) is 1.54. The molecule has 6 nitrogen and oxygen atoms in total. The zero-order valence-electron chi connectivity index (χ0n) is 13.5. The number of aliphatic hydroxyl groups excluding tert-OH is 2. The van der Waals surface area contributed by atoms with E-state index in [2.05, 4.69) is 0 Å². The fourth-order valence-corrected chi connectivity index (χ4v) is 1.54. The molecule has 0 aliphatic heterocycles. The van der Waals surface area contributed by atoms with Crippen LogP contribution >= 0.6 is 0 Å². The largest absolute Gasteiger partial charge is 1.00 e. The second kappa shape index (κ2) is 14.1. The van der Waals surface area contributed by atoms with Crippen LogP contribution in [-0.2, 0) is 9.59 Å². The minimum absolute atomic E-state index is 0. The van der Waals surface area contributed by atoms with E-state index in [4.69, 9.17) is 10.2 Å². The third-order valence-electron chi connectivity index (χ3n) is 2.68. The van der Waals surface area contributed by atoms with Gasteiger partial charge in [-0.1, -0.05) is 60.7 Å². The second-order valence-corrected chi connectivity index (χ2v) is 4.26. The Morgan fingerprint density at radius 3 is 1.17 bits per heavy atom. The molecule has 0 unspecified atom stereocenters. The van der Waals surface area contributed by atoms with Crippen LogP contribution in [0.5, 0.6) is 0 Å². The van der Waals surface area contributed by atoms with E-state index in [1.54, 1.807) is 36.4 Å². The van der Waals surface area contributed by atoms with Crippen LogP contribution in [0.2, 0.25) is 0 Å². The van der Waals surface area contributed by atoms with E-state index >= 15 is 0 Å². The molecule has 0 heterocycles. The Labute approximate surface area is 204 Å². The second-order valence-electron chi connectivity index (χ2n) is 4.26. The first-order valence-electron chi connectivity index (χ1n) is 6.31. The Morgan fingerprint density at radius 1 is 0.708 bits per heavy atom. The Kier molecular flexibility index (Phi) is 15.4. The van der Waals surface area contributed by atoms with E-state index in [1.165, 1.54) is 24.3 Å². The number of hydrogen-bond donors (Lipinski definition) is 2. The van der Waals surface area contributed by atoms with E-state index < -0.39 is 24.1 Å². The number of rotatable bonds is 4. The van der Waals surface area contributed by atoms with Crippen molar-refractivity contribution in [2.45, 2.75) is 12.2 Å². The predicted molar refractivity (Wildman–Crippen MR) is 72.8 cm³/mol. The van der Waals surface area contributed by atoms with Crippen LogP contribution in [0.25, 0.3) is 0 Å². The molecule has 24 heavy (non-hydrogen) atoms. The summed E-state index contributed by atoms with van der Waals surface area (Å²) in [4.78, 5) is 20.3. The van der Waals surface area contributed by atoms with E-state index in [0.717, 1.165) is 0 Å². The monoisotopic (exact) mass is 364 g/mol. The van der Waals surface area contributed by atoms with Gasteiger partial charge in [0.15, 0.2) is 0 Å². The van der Waals surface area contributed by atoms with Crippen LogP contribution in [0.1, 0.15) is 23.3 Å². The number of aliphatic carboxylic acids is 2. The maximum absolute atomic E-state index is 10.1. The molecule has 0 aliphatic rings. The van der Waals surface area contributed by atoms with Crippen molar-refractivity contribution in [3.63, 3.8) is 0 Å². The third-order valence-corrected chi connectivity index (χ3v) is 2.68. The van der Waals surface area contributed by atoms with Gasteiger partial charge in [-0.25, -0.2) is 0 Å². The molecule has 116 valence electrons. The Balaban J connectivity index is 0. The first-order valence-corrected chi connectivity index (χ1v) is 6.31. The van der Waals surface area contributed by atoms with E-state index in [1.807, 2.05) is 0 Å². The number of aliphatic hydroxyl groups is 2. The normalized spacial score (nSPS) is 11.4. The molecule has 0 aliphatic carbocycles. The summed E-state index contributed by atoms with van der Waals surface area (Å²) >= 11 is 0. The molecule has 2 rings (SSSR count). The van der Waals surface area contributed by atoms with E-state index in [-0.39, 0.29) is 80.9 Å². The quantitative estimate of drug-likeness (QED) is 0.520. The molecule has 0 radical (unpaired) electrons. The van der Waals surface area contributed by atoms with Crippen LogP contribution in [0.15, 0.2) is 60.7 Å². The van der Waals surface area contributed by atoms with Crippen molar-refractivity contribution >= 4 is 11.9 Å². The minimum atomic E-state index is -1.52. The molecular weight excluding hydrogens is 350 g/mol. The molecule has 0 bridgehead atoms. The third kappa shape index (κ3) is 9.43. The smallest absolute Gasteiger partial charge is 0.547 e. The number of carbonyl (C=O) groups is 2. The van der Waals surface area contributed by atoms with Crippen molar-refractivity contribution in [1.29, 1.82) is 0 Å². The molecular formula is C16H14KNaO6. The van der Waals surface area contributed by atoms with Gasteiger partial charge >= 0.3 is 80.9 Å². The van der Waals surface area contributed by atoms with Crippen molar-refractivity contribution in [3.05, 3.63) is 71.8 Å². The van der Waals surface area contributed by atoms with Crippen molar-refractivity contribution in [2.75, 3.05) is 0 Å². The molecule has 8 heteroatoms. The first kappa shape index (κ1) is 26.2. The molecule has 0 saturated heterocycles. The molecule has 0 saturated carbocycles. The van der Waals surface area contributed by atoms with Crippen molar-refractivity contribution in [1.82, 2.24) is 0 Å². The number of hydrogen-bond acceptors (Lipinski definition) is 6. The SMILES string of the molecule is O=C([O-])[C@H](O)c1ccccc1.O=C([O-])[C@H](O)c1ccccc1.[K+].[Na+]. The van der Waals surface area contributed by atoms with Gasteiger partial charge in [-0.2, -0.15) is 0 Å². The van der Waals surface area contributed by atoms with Crippen molar-refractivity contribution < 1.29 is 111 Å². The van der Waals surface area contributed by atoms with Gasteiger partial charge in [0.05, 0.1) is 11.9 Å². The van der Waals surface area contributed by atoms with Gasteiger partial charge < -0.3 is 30.0 Å². The predicted octanol–water partition coefficient (Wildman–Crippen LogP) is -7.05. The number of carboxylic acid groups (broad SMARTS) is 2. The topological polar surface area (TPSA) is 121 Å². The molecule has 0 fully saturated rings. The number of benzene rings is 2. The summed E-state index contributed by atoms with van der Waals surface area (Å²) in [5.74, 6) is -2.95. The van der Waals surface area contributed by atoms with Crippen LogP contribution in [0.3, 0.4) is 0 Å². The standard InChI is InChI=1S/2C8H8O3.K.Na/c2*9-7(8(10)11)6-4-2-1-3-5-6;;/h2*1-5,7,9H,(H,10,11);;/q;;2*+1/p-2/t2*7-;;/m11../s1. The zero-order chi connectivity index (χ0) is 16.5. The van der Waals surface area contributed by atoms with Gasteiger partial charge in [0.25, 0.3) is 0 Å². The average Bonchev–Trinajstić information content (AvgIpc) is 2.55. The summed E-state index contributed by atoms with van der Waals surface area (Å²) in [6.07, 6.45) is -3.03. The Bertz CT molecular complexity index is 553. The van der Waals surface area contributed by atoms with Crippen LogP contribution in [0.4, 0.5) is 0 Å². The molecule has 2 atom stereocenters. The van der Waals surface area contributed by atoms with Crippen molar-refractivity contribution in [2.24, 2.45) is 0 Å². The molecule has 0 aromatic heterocycles. The zero-order valence-corrected chi connectivity index (χ0v) is 18.6. The van der Waals surface area contributed by atoms with Gasteiger partial charge in [-0.15, -0.1) is 0 Å². The summed E-state index contributed by atoms with van der Waals surface area (Å²) in [6.45, 7) is 0. The van der Waals surface area contributed by atoms with Gasteiger partial charge in [-0.05, 0) is 11.1 Å². The molecule has 2 aromatic rings.